The highest BCUT2D eigenvalue weighted by Gasteiger charge is 2.24. The first kappa shape index (κ1) is 30.8. The van der Waals surface area contributed by atoms with Crippen molar-refractivity contribution < 1.29 is 23.8 Å². The molecule has 0 fully saturated rings. The Morgan fingerprint density at radius 2 is 1.81 bits per heavy atom. The molecule has 0 aliphatic heterocycles. The van der Waals surface area contributed by atoms with Crippen LogP contribution in [0.3, 0.4) is 0 Å². The summed E-state index contributed by atoms with van der Waals surface area (Å²) in [6.07, 6.45) is -0.628. The summed E-state index contributed by atoms with van der Waals surface area (Å²) in [7, 11) is 3.17. The van der Waals surface area contributed by atoms with Crippen molar-refractivity contribution in [2.24, 2.45) is 0 Å². The first-order valence-corrected chi connectivity index (χ1v) is 14.4. The van der Waals surface area contributed by atoms with Gasteiger partial charge in [0.1, 0.15) is 16.6 Å². The van der Waals surface area contributed by atoms with Gasteiger partial charge in [0.05, 0.1) is 25.8 Å². The van der Waals surface area contributed by atoms with E-state index in [2.05, 4.69) is 15.6 Å². The number of carbonyl (C=O) groups is 2. The molecule has 0 aliphatic carbocycles. The van der Waals surface area contributed by atoms with E-state index in [1.165, 1.54) is 24.5 Å². The van der Waals surface area contributed by atoms with Gasteiger partial charge in [-0.3, -0.25) is 9.59 Å². The van der Waals surface area contributed by atoms with Gasteiger partial charge in [-0.2, -0.15) is 0 Å². The Morgan fingerprint density at radius 1 is 1.07 bits per heavy atom. The van der Waals surface area contributed by atoms with Crippen LogP contribution in [0.15, 0.2) is 78.2 Å². The van der Waals surface area contributed by atoms with Gasteiger partial charge in [-0.1, -0.05) is 42.5 Å². The van der Waals surface area contributed by atoms with Crippen LogP contribution in [0, 0.1) is 12.7 Å². The molecule has 3 aromatic carbocycles. The van der Waals surface area contributed by atoms with E-state index in [1.807, 2.05) is 42.6 Å². The fourth-order valence-electron chi connectivity index (χ4n) is 4.56. The number of aliphatic hydroxyl groups is 1. The summed E-state index contributed by atoms with van der Waals surface area (Å²) in [6, 6.07) is 20.0. The van der Waals surface area contributed by atoms with Crippen LogP contribution in [0.1, 0.15) is 42.5 Å². The van der Waals surface area contributed by atoms with E-state index >= 15 is 0 Å². The second-order valence-corrected chi connectivity index (χ2v) is 11.0. The highest BCUT2D eigenvalue weighted by Crippen LogP contribution is 2.21. The summed E-state index contributed by atoms with van der Waals surface area (Å²) in [4.78, 5) is 32.4. The molecule has 0 saturated heterocycles. The highest BCUT2D eigenvalue weighted by molar-refractivity contribution is 7.09. The molecular weight excluding hydrogens is 555 g/mol. The minimum atomic E-state index is -0.996. The summed E-state index contributed by atoms with van der Waals surface area (Å²) in [6.45, 7) is 2.50. The van der Waals surface area contributed by atoms with E-state index in [-0.39, 0.29) is 19.0 Å². The second kappa shape index (κ2) is 14.7. The third-order valence-corrected chi connectivity index (χ3v) is 7.74. The average Bonchev–Trinajstić information content (AvgIpc) is 3.41. The van der Waals surface area contributed by atoms with Crippen molar-refractivity contribution in [2.45, 2.75) is 38.6 Å². The van der Waals surface area contributed by atoms with Crippen LogP contribution in [0.2, 0.25) is 0 Å². The molecule has 0 bridgehead atoms. The number of aromatic nitrogens is 1. The minimum absolute atomic E-state index is 0.0921. The van der Waals surface area contributed by atoms with Crippen LogP contribution in [-0.2, 0) is 19.5 Å². The van der Waals surface area contributed by atoms with Crippen LogP contribution in [0.25, 0.3) is 0 Å². The molecule has 0 saturated carbocycles. The fraction of sp³-hybridized carbons (Fsp3) is 0.281. The minimum Gasteiger partial charge on any atom is -0.496 e. The zero-order valence-corrected chi connectivity index (χ0v) is 24.7. The molecule has 0 spiro atoms. The van der Waals surface area contributed by atoms with Gasteiger partial charge in [0.15, 0.2) is 0 Å². The number of thiazole rings is 1. The predicted octanol–water partition coefficient (Wildman–Crippen LogP) is 4.36. The number of nitrogens with zero attached hydrogens (tertiary/aromatic N) is 2. The Morgan fingerprint density at radius 3 is 2.52 bits per heavy atom. The Balaban J connectivity index is 1.44. The third-order valence-electron chi connectivity index (χ3n) is 6.79. The van der Waals surface area contributed by atoms with Gasteiger partial charge >= 0.3 is 0 Å². The van der Waals surface area contributed by atoms with Crippen LogP contribution >= 0.6 is 11.3 Å². The molecule has 8 nitrogen and oxygen atoms in total. The maximum Gasteiger partial charge on any atom is 0.253 e. The standard InChI is InChI=1S/C32H35FN4O4S/c1-21-20-42-30(35-21)19-37(2)32(40)24-12-7-11-23(16-24)31(39)36-27(15-22-9-5-4-6-10-22)28(38)18-34-17-25-26(33)13-8-14-29(25)41-3/h4-14,16,20,27-28,34,38H,15,17-19H2,1-3H3,(H,36,39)/t27-,28+/m0/s1. The molecule has 220 valence electrons. The molecule has 2 atom stereocenters. The Labute approximate surface area is 249 Å². The third kappa shape index (κ3) is 8.22. The van der Waals surface area contributed by atoms with E-state index < -0.39 is 23.9 Å². The lowest BCUT2D eigenvalue weighted by atomic mass is 10.00. The molecule has 10 heteroatoms. The molecule has 2 amide bonds. The number of methoxy groups -OCH3 is 1. The molecule has 42 heavy (non-hydrogen) atoms. The van der Waals surface area contributed by atoms with Gasteiger partial charge in [0.2, 0.25) is 0 Å². The van der Waals surface area contributed by atoms with Crippen molar-refractivity contribution in [3.05, 3.63) is 117 Å². The predicted molar refractivity (Wildman–Crippen MR) is 161 cm³/mol. The largest absolute Gasteiger partial charge is 0.496 e. The van der Waals surface area contributed by atoms with Gasteiger partial charge in [-0.05, 0) is 49.2 Å². The van der Waals surface area contributed by atoms with Crippen LogP contribution in [0.5, 0.6) is 5.75 Å². The average molecular weight is 591 g/mol. The lowest BCUT2D eigenvalue weighted by Crippen LogP contribution is -2.48. The van der Waals surface area contributed by atoms with Crippen molar-refractivity contribution in [1.29, 1.82) is 0 Å². The molecule has 0 radical (unpaired) electrons. The summed E-state index contributed by atoms with van der Waals surface area (Å²) < 4.78 is 19.6. The fourth-order valence-corrected chi connectivity index (χ4v) is 5.38. The molecule has 4 aromatic rings. The number of aryl methyl sites for hydroxylation is 1. The van der Waals surface area contributed by atoms with Crippen LogP contribution < -0.4 is 15.4 Å². The van der Waals surface area contributed by atoms with E-state index in [0.29, 0.717) is 35.4 Å². The van der Waals surface area contributed by atoms with Crippen molar-refractivity contribution >= 4 is 23.2 Å². The van der Waals surface area contributed by atoms with Gasteiger partial charge in [-0.25, -0.2) is 9.37 Å². The first-order valence-electron chi connectivity index (χ1n) is 13.6. The zero-order valence-electron chi connectivity index (χ0n) is 23.8. The van der Waals surface area contributed by atoms with Crippen LogP contribution in [-0.4, -0.2) is 59.7 Å². The Bertz CT molecular complexity index is 1500. The number of hydrogen-bond donors (Lipinski definition) is 3. The summed E-state index contributed by atoms with van der Waals surface area (Å²) >= 11 is 1.49. The molecule has 4 rings (SSSR count). The molecular formula is C32H35FN4O4S. The topological polar surface area (TPSA) is 104 Å². The van der Waals surface area contributed by atoms with E-state index in [9.17, 15) is 19.1 Å². The summed E-state index contributed by atoms with van der Waals surface area (Å²) in [5, 5.41) is 19.9. The number of nitrogens with one attached hydrogen (secondary N) is 2. The number of halogens is 1. The highest BCUT2D eigenvalue weighted by atomic mass is 32.1. The molecule has 3 N–H and O–H groups in total. The number of hydrogen-bond acceptors (Lipinski definition) is 7. The van der Waals surface area contributed by atoms with Crippen molar-refractivity contribution in [1.82, 2.24) is 20.5 Å². The lowest BCUT2D eigenvalue weighted by Gasteiger charge is -2.25. The van der Waals surface area contributed by atoms with Crippen LogP contribution in [0.4, 0.5) is 4.39 Å². The molecule has 0 aliphatic rings. The molecule has 1 heterocycles. The van der Waals surface area contributed by atoms with Crippen molar-refractivity contribution in [3.8, 4) is 5.75 Å². The normalized spacial score (nSPS) is 12.4. The summed E-state index contributed by atoms with van der Waals surface area (Å²) in [5.41, 5.74) is 2.87. The summed E-state index contributed by atoms with van der Waals surface area (Å²) in [5.74, 6) is -0.648. The monoisotopic (exact) mass is 590 g/mol. The number of benzene rings is 3. The number of carbonyl (C=O) groups excluding carboxylic acids is 2. The van der Waals surface area contributed by atoms with Crippen molar-refractivity contribution in [2.75, 3.05) is 20.7 Å². The molecule has 0 unspecified atom stereocenters. The Kier molecular flexibility index (Phi) is 10.8. The smallest absolute Gasteiger partial charge is 0.253 e. The quantitative estimate of drug-likeness (QED) is 0.214. The second-order valence-electron chi connectivity index (χ2n) is 10.0. The number of ether oxygens (including phenoxy) is 1. The van der Waals surface area contributed by atoms with E-state index in [1.54, 1.807) is 48.3 Å². The van der Waals surface area contributed by atoms with E-state index in [4.69, 9.17) is 4.74 Å². The SMILES string of the molecule is COc1cccc(F)c1CNC[C@@H](O)[C@H](Cc1ccccc1)NC(=O)c1cccc(C(=O)N(C)Cc2nc(C)cs2)c1. The van der Waals surface area contributed by atoms with Crippen molar-refractivity contribution in [3.63, 3.8) is 0 Å². The van der Waals surface area contributed by atoms with E-state index in [0.717, 1.165) is 16.3 Å². The Hall–Kier alpha value is -4.12. The van der Waals surface area contributed by atoms with Gasteiger partial charge in [0, 0.05) is 47.9 Å². The van der Waals surface area contributed by atoms with Gasteiger partial charge < -0.3 is 25.4 Å². The first-order chi connectivity index (χ1) is 20.2. The number of amides is 2. The lowest BCUT2D eigenvalue weighted by molar-refractivity contribution is 0.0784. The van der Waals surface area contributed by atoms with Gasteiger partial charge in [0.25, 0.3) is 11.8 Å². The number of rotatable bonds is 13. The maximum absolute atomic E-state index is 14.3. The maximum atomic E-state index is 14.3. The number of aliphatic hydroxyl groups excluding tert-OH is 1. The molecule has 1 aromatic heterocycles. The zero-order chi connectivity index (χ0) is 30.1. The van der Waals surface area contributed by atoms with Gasteiger partial charge in [-0.15, -0.1) is 11.3 Å².